The Balaban J connectivity index is 1.94. The first kappa shape index (κ1) is 12.2. The molecule has 0 atom stereocenters. The zero-order valence-electron chi connectivity index (χ0n) is 9.21. The first-order chi connectivity index (χ1) is 8.34. The first-order valence-corrected chi connectivity index (χ1v) is 6.51. The highest BCUT2D eigenvalue weighted by atomic mass is 35.5. The topological polar surface area (TPSA) is 12.4 Å². The molecule has 0 fully saturated rings. The Kier molecular flexibility index (Phi) is 4.65. The van der Waals surface area contributed by atoms with Crippen LogP contribution >= 0.6 is 23.4 Å². The number of halogens is 1. The van der Waals surface area contributed by atoms with Gasteiger partial charge >= 0.3 is 0 Å². The fourth-order valence-corrected chi connectivity index (χ4v) is 2.30. The van der Waals surface area contributed by atoms with Gasteiger partial charge in [-0.05, 0) is 17.7 Å². The Morgan fingerprint density at radius 3 is 2.18 bits per heavy atom. The fourth-order valence-electron chi connectivity index (χ4n) is 1.35. The van der Waals surface area contributed by atoms with Crippen LogP contribution in [0.1, 0.15) is 5.56 Å². The minimum absolute atomic E-state index is 0.569. The van der Waals surface area contributed by atoms with E-state index in [1.807, 2.05) is 60.7 Å². The van der Waals surface area contributed by atoms with Crippen LogP contribution in [-0.2, 0) is 6.54 Å². The largest absolute Gasteiger partial charge is 0.262 e. The lowest BCUT2D eigenvalue weighted by Gasteiger charge is -1.99. The summed E-state index contributed by atoms with van der Waals surface area (Å²) < 4.78 is 0.569. The van der Waals surface area contributed by atoms with Gasteiger partial charge in [-0.25, -0.2) is 0 Å². The third-order valence-corrected chi connectivity index (χ3v) is 3.33. The summed E-state index contributed by atoms with van der Waals surface area (Å²) in [5.41, 5.74) is 1.17. The second-order valence-corrected chi connectivity index (χ2v) is 5.11. The van der Waals surface area contributed by atoms with Crippen LogP contribution in [0.4, 0.5) is 0 Å². The van der Waals surface area contributed by atoms with E-state index in [2.05, 4.69) is 4.99 Å². The molecule has 0 aliphatic rings. The quantitative estimate of drug-likeness (QED) is 0.448. The van der Waals surface area contributed by atoms with E-state index in [4.69, 9.17) is 11.6 Å². The van der Waals surface area contributed by atoms with Crippen LogP contribution in [0.15, 0.2) is 70.6 Å². The standard InChI is InChI=1S/C14H12ClNS/c15-14(17-13-9-5-2-6-10-13)16-11-12-7-3-1-4-8-12/h1-10H,11H2. The Morgan fingerprint density at radius 2 is 1.53 bits per heavy atom. The summed E-state index contributed by atoms with van der Waals surface area (Å²) in [5.74, 6) is 0. The molecule has 0 aromatic heterocycles. The first-order valence-electron chi connectivity index (χ1n) is 5.31. The summed E-state index contributed by atoms with van der Waals surface area (Å²) in [6, 6.07) is 20.1. The second-order valence-electron chi connectivity index (χ2n) is 3.47. The molecular formula is C14H12ClNS. The van der Waals surface area contributed by atoms with E-state index in [0.717, 1.165) is 4.90 Å². The van der Waals surface area contributed by atoms with E-state index >= 15 is 0 Å². The SMILES string of the molecule is ClC(=NCc1ccccc1)Sc1ccccc1. The molecule has 0 heterocycles. The molecule has 86 valence electrons. The highest BCUT2D eigenvalue weighted by molar-refractivity contribution is 8.16. The van der Waals surface area contributed by atoms with Gasteiger partial charge in [0, 0.05) is 4.90 Å². The minimum Gasteiger partial charge on any atom is -0.262 e. The third kappa shape index (κ3) is 4.25. The van der Waals surface area contributed by atoms with E-state index in [0.29, 0.717) is 11.0 Å². The van der Waals surface area contributed by atoms with Crippen LogP contribution < -0.4 is 0 Å². The van der Waals surface area contributed by atoms with E-state index < -0.39 is 0 Å². The lowest BCUT2D eigenvalue weighted by Crippen LogP contribution is -1.84. The minimum atomic E-state index is 0.569. The summed E-state index contributed by atoms with van der Waals surface area (Å²) in [7, 11) is 0. The van der Waals surface area contributed by atoms with Crippen molar-refractivity contribution in [2.45, 2.75) is 11.4 Å². The van der Waals surface area contributed by atoms with Gasteiger partial charge in [0.15, 0.2) is 4.50 Å². The molecule has 3 heteroatoms. The van der Waals surface area contributed by atoms with Crippen LogP contribution in [0.3, 0.4) is 0 Å². The van der Waals surface area contributed by atoms with E-state index in [1.165, 1.54) is 17.3 Å². The van der Waals surface area contributed by atoms with Crippen molar-refractivity contribution in [3.05, 3.63) is 66.2 Å². The molecule has 17 heavy (non-hydrogen) atoms. The molecule has 0 radical (unpaired) electrons. The zero-order chi connectivity index (χ0) is 11.9. The van der Waals surface area contributed by atoms with E-state index in [9.17, 15) is 0 Å². The second kappa shape index (κ2) is 6.48. The van der Waals surface area contributed by atoms with Crippen molar-refractivity contribution in [2.24, 2.45) is 4.99 Å². The maximum absolute atomic E-state index is 6.08. The van der Waals surface area contributed by atoms with Gasteiger partial charge in [-0.3, -0.25) is 4.99 Å². The molecule has 0 amide bonds. The van der Waals surface area contributed by atoms with Crippen LogP contribution in [-0.4, -0.2) is 4.50 Å². The van der Waals surface area contributed by atoms with Crippen LogP contribution in [0.25, 0.3) is 0 Å². The monoisotopic (exact) mass is 261 g/mol. The predicted molar refractivity (Wildman–Crippen MR) is 75.7 cm³/mol. The lowest BCUT2D eigenvalue weighted by atomic mass is 10.2. The Morgan fingerprint density at radius 1 is 0.941 bits per heavy atom. The molecule has 2 aromatic carbocycles. The molecule has 0 N–H and O–H groups in total. The van der Waals surface area contributed by atoms with Crippen molar-refractivity contribution in [1.29, 1.82) is 0 Å². The molecule has 0 saturated heterocycles. The molecule has 2 rings (SSSR count). The van der Waals surface area contributed by atoms with Gasteiger partial charge in [-0.2, -0.15) is 0 Å². The number of nitrogens with zero attached hydrogens (tertiary/aromatic N) is 1. The summed E-state index contributed by atoms with van der Waals surface area (Å²) >= 11 is 7.56. The number of benzene rings is 2. The molecule has 0 aliphatic carbocycles. The summed E-state index contributed by atoms with van der Waals surface area (Å²) in [5, 5.41) is 0. The van der Waals surface area contributed by atoms with E-state index in [1.54, 1.807) is 0 Å². The Bertz CT molecular complexity index is 482. The average Bonchev–Trinajstić information content (AvgIpc) is 2.39. The molecule has 0 aliphatic heterocycles. The predicted octanol–water partition coefficient (Wildman–Crippen LogP) is 4.57. The number of thioether (sulfide) groups is 1. The number of aliphatic imine (C=N–C) groups is 1. The van der Waals surface area contributed by atoms with E-state index in [-0.39, 0.29) is 0 Å². The van der Waals surface area contributed by atoms with Gasteiger partial charge in [-0.1, -0.05) is 71.9 Å². The molecule has 0 bridgehead atoms. The Hall–Kier alpha value is -1.25. The smallest absolute Gasteiger partial charge is 0.163 e. The number of hydrogen-bond acceptors (Lipinski definition) is 2. The molecular weight excluding hydrogens is 250 g/mol. The van der Waals surface area contributed by atoms with Gasteiger partial charge < -0.3 is 0 Å². The normalized spacial score (nSPS) is 11.5. The van der Waals surface area contributed by atoms with Gasteiger partial charge in [0.25, 0.3) is 0 Å². The van der Waals surface area contributed by atoms with Gasteiger partial charge in [0.1, 0.15) is 0 Å². The van der Waals surface area contributed by atoms with Crippen LogP contribution in [0, 0.1) is 0 Å². The van der Waals surface area contributed by atoms with Crippen LogP contribution in [0.5, 0.6) is 0 Å². The van der Waals surface area contributed by atoms with Gasteiger partial charge in [0.05, 0.1) is 6.54 Å². The average molecular weight is 262 g/mol. The summed E-state index contributed by atoms with van der Waals surface area (Å²) in [6.45, 7) is 0.625. The third-order valence-electron chi connectivity index (χ3n) is 2.17. The Labute approximate surface area is 111 Å². The highest BCUT2D eigenvalue weighted by Gasteiger charge is 1.98. The van der Waals surface area contributed by atoms with Crippen molar-refractivity contribution in [3.63, 3.8) is 0 Å². The number of rotatable bonds is 3. The molecule has 0 unspecified atom stereocenters. The highest BCUT2D eigenvalue weighted by Crippen LogP contribution is 2.21. The summed E-state index contributed by atoms with van der Waals surface area (Å²) in [4.78, 5) is 5.44. The number of hydrogen-bond donors (Lipinski definition) is 0. The molecule has 1 nitrogen and oxygen atoms in total. The van der Waals surface area contributed by atoms with Crippen molar-refractivity contribution in [1.82, 2.24) is 0 Å². The van der Waals surface area contributed by atoms with Gasteiger partial charge in [0.2, 0.25) is 0 Å². The maximum atomic E-state index is 6.08. The van der Waals surface area contributed by atoms with Crippen LogP contribution in [0.2, 0.25) is 0 Å². The molecule has 0 saturated carbocycles. The zero-order valence-corrected chi connectivity index (χ0v) is 10.8. The summed E-state index contributed by atoms with van der Waals surface area (Å²) in [6.07, 6.45) is 0. The fraction of sp³-hybridized carbons (Fsp3) is 0.0714. The van der Waals surface area contributed by atoms with Crippen molar-refractivity contribution in [3.8, 4) is 0 Å². The van der Waals surface area contributed by atoms with Crippen molar-refractivity contribution >= 4 is 27.9 Å². The lowest BCUT2D eigenvalue weighted by molar-refractivity contribution is 1.08. The molecule has 2 aromatic rings. The molecule has 0 spiro atoms. The van der Waals surface area contributed by atoms with Crippen molar-refractivity contribution < 1.29 is 0 Å². The van der Waals surface area contributed by atoms with Crippen molar-refractivity contribution in [2.75, 3.05) is 0 Å². The maximum Gasteiger partial charge on any atom is 0.163 e. The van der Waals surface area contributed by atoms with Gasteiger partial charge in [-0.15, -0.1) is 0 Å².